The Kier molecular flexibility index (Phi) is 4.32. The Hall–Kier alpha value is -4.34. The number of pyridine rings is 2. The van der Waals surface area contributed by atoms with Crippen molar-refractivity contribution >= 4 is 11.4 Å². The van der Waals surface area contributed by atoms with Gasteiger partial charge in [-0.25, -0.2) is 14.5 Å². The molecule has 0 saturated heterocycles. The molecule has 0 spiro atoms. The molecular weight excluding hydrogens is 420 g/mol. The number of H-pyrrole nitrogens is 1. The second kappa shape index (κ2) is 7.37. The molecule has 1 aliphatic rings. The molecule has 0 saturated carbocycles. The molecule has 33 heavy (non-hydrogen) atoms. The van der Waals surface area contributed by atoms with Crippen LogP contribution in [0, 0.1) is 13.8 Å². The van der Waals surface area contributed by atoms with E-state index >= 15 is 0 Å². The van der Waals surface area contributed by atoms with E-state index in [9.17, 15) is 4.79 Å². The number of carbonyl (C=O) groups excluding carboxylic acids is 1. The molecule has 6 rings (SSSR count). The summed E-state index contributed by atoms with van der Waals surface area (Å²) in [6.45, 7) is 4.33. The number of aryl methyl sites for hydroxylation is 2. The highest BCUT2D eigenvalue weighted by atomic mass is 16.4. The zero-order valence-corrected chi connectivity index (χ0v) is 18.1. The summed E-state index contributed by atoms with van der Waals surface area (Å²) in [5.74, 6) is -0.245. The van der Waals surface area contributed by atoms with Crippen LogP contribution in [0.2, 0.25) is 0 Å². The first-order valence-electron chi connectivity index (χ1n) is 10.6. The summed E-state index contributed by atoms with van der Waals surface area (Å²) in [7, 11) is 0. The Bertz CT molecular complexity index is 1500. The number of hydrogen-bond donors (Lipinski definition) is 1. The van der Waals surface area contributed by atoms with E-state index in [2.05, 4.69) is 25.1 Å². The minimum atomic E-state index is -0.473. The molecule has 1 aliphatic heterocycles. The first-order chi connectivity index (χ1) is 16.1. The van der Waals surface area contributed by atoms with Gasteiger partial charge in [0, 0.05) is 30.0 Å². The van der Waals surface area contributed by atoms with Gasteiger partial charge in [-0.3, -0.25) is 4.79 Å². The van der Waals surface area contributed by atoms with Gasteiger partial charge >= 0.3 is 11.8 Å². The number of imidazole rings is 1. The van der Waals surface area contributed by atoms with Crippen LogP contribution in [0.4, 0.5) is 0 Å². The van der Waals surface area contributed by atoms with Gasteiger partial charge in [0.05, 0.1) is 23.2 Å². The summed E-state index contributed by atoms with van der Waals surface area (Å²) in [6, 6.07) is 13.0. The van der Waals surface area contributed by atoms with E-state index in [-0.39, 0.29) is 17.7 Å². The van der Waals surface area contributed by atoms with Crippen molar-refractivity contribution < 1.29 is 9.21 Å². The third-order valence-electron chi connectivity index (χ3n) is 5.88. The molecule has 0 aromatic carbocycles. The lowest BCUT2D eigenvalue weighted by molar-refractivity contribution is 0.0646. The van der Waals surface area contributed by atoms with E-state index in [0.29, 0.717) is 18.7 Å². The average molecular weight is 440 g/mol. The molecule has 1 amide bonds. The van der Waals surface area contributed by atoms with Crippen LogP contribution in [-0.2, 0) is 6.42 Å². The Labute approximate surface area is 188 Å². The summed E-state index contributed by atoms with van der Waals surface area (Å²) in [5.41, 5.74) is 5.80. The highest BCUT2D eigenvalue weighted by molar-refractivity contribution is 5.90. The second-order valence-electron chi connectivity index (χ2n) is 8.07. The van der Waals surface area contributed by atoms with E-state index in [0.717, 1.165) is 34.0 Å². The monoisotopic (exact) mass is 440 g/mol. The summed E-state index contributed by atoms with van der Waals surface area (Å²) < 4.78 is 7.61. The van der Waals surface area contributed by atoms with Crippen LogP contribution in [0.5, 0.6) is 0 Å². The van der Waals surface area contributed by atoms with Gasteiger partial charge in [0.15, 0.2) is 0 Å². The molecular formula is C23H20N8O2. The van der Waals surface area contributed by atoms with Crippen LogP contribution in [0.3, 0.4) is 0 Å². The molecule has 5 aromatic rings. The van der Waals surface area contributed by atoms with Gasteiger partial charge in [-0.05, 0) is 44.2 Å². The fourth-order valence-electron chi connectivity index (χ4n) is 4.30. The molecule has 0 bridgehead atoms. The summed E-state index contributed by atoms with van der Waals surface area (Å²) >= 11 is 0. The SMILES string of the molecule is Cc1cccc(-c2nnc(C(=O)N3CCc4[nH]cnc4[C@H]3c3cc4cccc(C)n4n3)o2)n1. The fourth-order valence-corrected chi connectivity index (χ4v) is 4.30. The maximum absolute atomic E-state index is 13.5. The first kappa shape index (κ1) is 19.4. The van der Waals surface area contributed by atoms with Crippen LogP contribution in [0.25, 0.3) is 17.1 Å². The van der Waals surface area contributed by atoms with Gasteiger partial charge in [0.2, 0.25) is 0 Å². The number of nitrogens with one attached hydrogen (secondary N) is 1. The predicted molar refractivity (Wildman–Crippen MR) is 117 cm³/mol. The number of amides is 1. The quantitative estimate of drug-likeness (QED) is 0.458. The molecule has 0 aliphatic carbocycles. The molecule has 1 N–H and O–H groups in total. The zero-order chi connectivity index (χ0) is 22.5. The highest BCUT2D eigenvalue weighted by Crippen LogP contribution is 2.34. The molecule has 10 heteroatoms. The Morgan fingerprint density at radius 2 is 2.03 bits per heavy atom. The smallest absolute Gasteiger partial charge is 0.312 e. The number of carbonyl (C=O) groups is 1. The van der Waals surface area contributed by atoms with Gasteiger partial charge in [0.25, 0.3) is 5.89 Å². The fraction of sp³-hybridized carbons (Fsp3) is 0.217. The average Bonchev–Trinajstić information content (AvgIpc) is 3.57. The Morgan fingerprint density at radius 3 is 2.88 bits per heavy atom. The van der Waals surface area contributed by atoms with Crippen LogP contribution in [-0.4, -0.2) is 52.1 Å². The number of aromatic nitrogens is 7. The summed E-state index contributed by atoms with van der Waals surface area (Å²) in [4.78, 5) is 27.3. The third-order valence-corrected chi connectivity index (χ3v) is 5.88. The largest absolute Gasteiger partial charge is 0.411 e. The van der Waals surface area contributed by atoms with Gasteiger partial charge in [-0.2, -0.15) is 5.10 Å². The molecule has 10 nitrogen and oxygen atoms in total. The number of hydrogen-bond acceptors (Lipinski definition) is 7. The highest BCUT2D eigenvalue weighted by Gasteiger charge is 2.38. The van der Waals surface area contributed by atoms with Gasteiger partial charge < -0.3 is 14.3 Å². The molecule has 0 unspecified atom stereocenters. The van der Waals surface area contributed by atoms with E-state index in [1.165, 1.54) is 0 Å². The lowest BCUT2D eigenvalue weighted by Crippen LogP contribution is -2.41. The van der Waals surface area contributed by atoms with Crippen LogP contribution < -0.4 is 0 Å². The predicted octanol–water partition coefficient (Wildman–Crippen LogP) is 2.91. The standard InChI is InChI=1S/C23H20N8O2/c1-13-5-3-8-17(26-13)21-27-28-22(33-21)23(32)30-10-9-16-19(25-12-24-16)20(30)18-11-15-7-4-6-14(2)31(15)29-18/h3-8,11-12,20H,9-10H2,1-2H3,(H,24,25)/t20-/m1/s1. The van der Waals surface area contributed by atoms with Crippen LogP contribution in [0.1, 0.15) is 45.2 Å². The van der Waals surface area contributed by atoms with Crippen LogP contribution in [0.15, 0.2) is 53.2 Å². The van der Waals surface area contributed by atoms with Crippen molar-refractivity contribution in [2.24, 2.45) is 0 Å². The van der Waals surface area contributed by atoms with Crippen molar-refractivity contribution in [2.45, 2.75) is 26.3 Å². The first-order valence-corrected chi connectivity index (χ1v) is 10.6. The Balaban J connectivity index is 1.40. The lowest BCUT2D eigenvalue weighted by Gasteiger charge is -2.32. The number of nitrogens with zero attached hydrogens (tertiary/aromatic N) is 7. The zero-order valence-electron chi connectivity index (χ0n) is 18.1. The minimum Gasteiger partial charge on any atom is -0.411 e. The number of fused-ring (bicyclic) bond motifs is 2. The normalized spacial score (nSPS) is 15.7. The van der Waals surface area contributed by atoms with Crippen molar-refractivity contribution in [3.63, 3.8) is 0 Å². The maximum Gasteiger partial charge on any atom is 0.312 e. The van der Waals surface area contributed by atoms with Gasteiger partial charge in [-0.15, -0.1) is 10.2 Å². The van der Waals surface area contributed by atoms with E-state index < -0.39 is 6.04 Å². The van der Waals surface area contributed by atoms with Crippen molar-refractivity contribution in [2.75, 3.05) is 6.54 Å². The van der Waals surface area contributed by atoms with Crippen molar-refractivity contribution in [3.8, 4) is 11.6 Å². The molecule has 1 atom stereocenters. The van der Waals surface area contributed by atoms with Gasteiger partial charge in [0.1, 0.15) is 11.7 Å². The van der Waals surface area contributed by atoms with Crippen molar-refractivity contribution in [3.05, 3.63) is 83.2 Å². The minimum absolute atomic E-state index is 0.0859. The Morgan fingerprint density at radius 1 is 1.15 bits per heavy atom. The number of rotatable bonds is 3. The molecule has 6 heterocycles. The van der Waals surface area contributed by atoms with Gasteiger partial charge in [-0.1, -0.05) is 12.1 Å². The van der Waals surface area contributed by atoms with E-state index in [1.807, 2.05) is 54.8 Å². The lowest BCUT2D eigenvalue weighted by atomic mass is 9.99. The summed E-state index contributed by atoms with van der Waals surface area (Å²) in [5, 5.41) is 12.9. The number of aromatic amines is 1. The third kappa shape index (κ3) is 3.18. The summed E-state index contributed by atoms with van der Waals surface area (Å²) in [6.07, 6.45) is 2.30. The second-order valence-corrected chi connectivity index (χ2v) is 8.07. The molecule has 5 aromatic heterocycles. The molecule has 0 radical (unpaired) electrons. The molecule has 164 valence electrons. The van der Waals surface area contributed by atoms with E-state index in [4.69, 9.17) is 9.52 Å². The van der Waals surface area contributed by atoms with Crippen molar-refractivity contribution in [1.29, 1.82) is 0 Å². The molecule has 0 fully saturated rings. The van der Waals surface area contributed by atoms with E-state index in [1.54, 1.807) is 17.3 Å². The van der Waals surface area contributed by atoms with Crippen molar-refractivity contribution in [1.82, 2.24) is 39.7 Å². The van der Waals surface area contributed by atoms with Crippen LogP contribution >= 0.6 is 0 Å². The maximum atomic E-state index is 13.5. The topological polar surface area (TPSA) is 118 Å².